The maximum Gasteiger partial charge on any atom is 0.350 e. The van der Waals surface area contributed by atoms with E-state index < -0.39 is 0 Å². The summed E-state index contributed by atoms with van der Waals surface area (Å²) in [6.07, 6.45) is 1.01. The van der Waals surface area contributed by atoms with Gasteiger partial charge in [-0.15, -0.1) is 11.3 Å². The highest BCUT2D eigenvalue weighted by molar-refractivity contribution is 7.13. The predicted molar refractivity (Wildman–Crippen MR) is 83.0 cm³/mol. The summed E-state index contributed by atoms with van der Waals surface area (Å²) in [5.41, 5.74) is 1.97. The molecule has 0 aliphatic carbocycles. The molecule has 5 heteroatoms. The highest BCUT2D eigenvalue weighted by Gasteiger charge is 2.16. The van der Waals surface area contributed by atoms with Crippen molar-refractivity contribution in [3.05, 3.63) is 45.4 Å². The van der Waals surface area contributed by atoms with Gasteiger partial charge in [0.2, 0.25) is 0 Å². The minimum atomic E-state index is -0.314. The van der Waals surface area contributed by atoms with Gasteiger partial charge in [0.05, 0.1) is 12.3 Å². The quantitative estimate of drug-likeness (QED) is 0.762. The van der Waals surface area contributed by atoms with E-state index in [0.717, 1.165) is 17.2 Å². The van der Waals surface area contributed by atoms with E-state index in [-0.39, 0.29) is 5.97 Å². The van der Waals surface area contributed by atoms with E-state index in [1.807, 2.05) is 31.2 Å². The van der Waals surface area contributed by atoms with Crippen LogP contribution in [0.25, 0.3) is 0 Å². The van der Waals surface area contributed by atoms with Gasteiger partial charge in [-0.1, -0.05) is 19.1 Å². The third-order valence-corrected chi connectivity index (χ3v) is 4.11. The second-order valence-electron chi connectivity index (χ2n) is 4.53. The molecule has 0 aliphatic heterocycles. The molecule has 0 saturated carbocycles. The van der Waals surface area contributed by atoms with Gasteiger partial charge < -0.3 is 9.47 Å². The molecule has 0 fully saturated rings. The van der Waals surface area contributed by atoms with Crippen LogP contribution in [0.3, 0.4) is 0 Å². The minimum absolute atomic E-state index is 0.314. The van der Waals surface area contributed by atoms with Crippen molar-refractivity contribution in [2.45, 2.75) is 33.8 Å². The second kappa shape index (κ2) is 7.22. The van der Waals surface area contributed by atoms with Gasteiger partial charge >= 0.3 is 5.97 Å². The molecule has 1 heterocycles. The van der Waals surface area contributed by atoms with Crippen molar-refractivity contribution in [2.75, 3.05) is 6.61 Å². The molecule has 2 aromatic rings. The fraction of sp³-hybridized carbons (Fsp3) is 0.375. The van der Waals surface area contributed by atoms with Crippen LogP contribution in [0, 0.1) is 6.92 Å². The van der Waals surface area contributed by atoms with E-state index in [4.69, 9.17) is 9.47 Å². The van der Waals surface area contributed by atoms with E-state index in [1.54, 1.807) is 6.92 Å². The maximum absolute atomic E-state index is 11.7. The third kappa shape index (κ3) is 4.04. The number of ether oxygens (including phenoxy) is 2. The lowest BCUT2D eigenvalue weighted by molar-refractivity contribution is 0.0531. The molecular formula is C16H19NO3S. The smallest absolute Gasteiger partial charge is 0.350 e. The first kappa shape index (κ1) is 15.5. The molecule has 0 atom stereocenters. The Morgan fingerprint density at radius 1 is 1.24 bits per heavy atom. The molecule has 1 aromatic heterocycles. The van der Waals surface area contributed by atoms with Crippen LogP contribution in [0.1, 0.15) is 39.8 Å². The predicted octanol–water partition coefficient (Wildman–Crippen LogP) is 3.77. The largest absolute Gasteiger partial charge is 0.486 e. The minimum Gasteiger partial charge on any atom is -0.486 e. The molecule has 0 radical (unpaired) electrons. The molecule has 112 valence electrons. The van der Waals surface area contributed by atoms with Crippen molar-refractivity contribution in [3.8, 4) is 5.75 Å². The Kier molecular flexibility index (Phi) is 5.33. The zero-order valence-corrected chi connectivity index (χ0v) is 13.3. The fourth-order valence-corrected chi connectivity index (χ4v) is 2.74. The Morgan fingerprint density at radius 2 is 1.95 bits per heavy atom. The van der Waals surface area contributed by atoms with Crippen LogP contribution in [0.4, 0.5) is 0 Å². The SMILES string of the molecule is CCOC(=O)c1sc(COc2ccc(CC)cc2)nc1C. The lowest BCUT2D eigenvalue weighted by atomic mass is 10.2. The normalized spacial score (nSPS) is 10.4. The van der Waals surface area contributed by atoms with Crippen molar-refractivity contribution in [2.24, 2.45) is 0 Å². The molecule has 4 nitrogen and oxygen atoms in total. The zero-order valence-electron chi connectivity index (χ0n) is 12.5. The van der Waals surface area contributed by atoms with Gasteiger partial charge in [0.1, 0.15) is 22.2 Å². The first-order valence-corrected chi connectivity index (χ1v) is 7.80. The van der Waals surface area contributed by atoms with E-state index in [0.29, 0.717) is 23.8 Å². The Bertz CT molecular complexity index is 604. The van der Waals surface area contributed by atoms with Gasteiger partial charge in [0, 0.05) is 0 Å². The average Bonchev–Trinajstić information content (AvgIpc) is 2.87. The van der Waals surface area contributed by atoms with Crippen LogP contribution in [-0.4, -0.2) is 17.6 Å². The van der Waals surface area contributed by atoms with Crippen molar-refractivity contribution < 1.29 is 14.3 Å². The summed E-state index contributed by atoms with van der Waals surface area (Å²) in [5, 5.41) is 0.773. The highest BCUT2D eigenvalue weighted by atomic mass is 32.1. The average molecular weight is 305 g/mol. The molecule has 1 aromatic carbocycles. The molecular weight excluding hydrogens is 286 g/mol. The van der Waals surface area contributed by atoms with Gasteiger partial charge in [-0.3, -0.25) is 0 Å². The summed E-state index contributed by atoms with van der Waals surface area (Å²) in [6, 6.07) is 8.00. The summed E-state index contributed by atoms with van der Waals surface area (Å²) in [4.78, 5) is 16.6. The Balaban J connectivity index is 1.99. The number of hydrogen-bond acceptors (Lipinski definition) is 5. The Morgan fingerprint density at radius 3 is 2.57 bits per heavy atom. The van der Waals surface area contributed by atoms with E-state index >= 15 is 0 Å². The van der Waals surface area contributed by atoms with Crippen molar-refractivity contribution in [3.63, 3.8) is 0 Å². The first-order valence-electron chi connectivity index (χ1n) is 6.99. The monoisotopic (exact) mass is 305 g/mol. The van der Waals surface area contributed by atoms with Gasteiger partial charge in [-0.25, -0.2) is 9.78 Å². The number of benzene rings is 1. The topological polar surface area (TPSA) is 48.4 Å². The van der Waals surface area contributed by atoms with E-state index in [2.05, 4.69) is 11.9 Å². The van der Waals surface area contributed by atoms with Gasteiger partial charge in [0.15, 0.2) is 0 Å². The summed E-state index contributed by atoms with van der Waals surface area (Å²) in [6.45, 7) is 6.44. The van der Waals surface area contributed by atoms with Crippen molar-refractivity contribution in [1.29, 1.82) is 0 Å². The first-order chi connectivity index (χ1) is 10.1. The molecule has 21 heavy (non-hydrogen) atoms. The lowest BCUT2D eigenvalue weighted by Crippen LogP contribution is -2.03. The van der Waals surface area contributed by atoms with Crippen LogP contribution < -0.4 is 4.74 Å². The van der Waals surface area contributed by atoms with Crippen LogP contribution in [0.2, 0.25) is 0 Å². The number of carbonyl (C=O) groups is 1. The van der Waals surface area contributed by atoms with Crippen LogP contribution in [0.5, 0.6) is 5.75 Å². The summed E-state index contributed by atoms with van der Waals surface area (Å²) < 4.78 is 10.7. The number of aromatic nitrogens is 1. The number of thiazole rings is 1. The number of aryl methyl sites for hydroxylation is 2. The summed E-state index contributed by atoms with van der Waals surface area (Å²) in [5.74, 6) is 0.490. The number of esters is 1. The van der Waals surface area contributed by atoms with Gasteiger partial charge in [-0.05, 0) is 38.0 Å². The summed E-state index contributed by atoms with van der Waals surface area (Å²) >= 11 is 1.32. The molecule has 2 rings (SSSR count). The molecule has 0 aliphatic rings. The third-order valence-electron chi connectivity index (χ3n) is 3.00. The van der Waals surface area contributed by atoms with E-state index in [1.165, 1.54) is 16.9 Å². The molecule has 0 amide bonds. The Labute approximate surface area is 128 Å². The zero-order chi connectivity index (χ0) is 15.2. The van der Waals surface area contributed by atoms with Crippen LogP contribution in [0.15, 0.2) is 24.3 Å². The van der Waals surface area contributed by atoms with Crippen molar-refractivity contribution in [1.82, 2.24) is 4.98 Å². The highest BCUT2D eigenvalue weighted by Crippen LogP contribution is 2.21. The van der Waals surface area contributed by atoms with E-state index in [9.17, 15) is 4.79 Å². The van der Waals surface area contributed by atoms with Crippen molar-refractivity contribution >= 4 is 17.3 Å². The fourth-order valence-electron chi connectivity index (χ4n) is 1.87. The maximum atomic E-state index is 11.7. The van der Waals surface area contributed by atoms with Crippen LogP contribution >= 0.6 is 11.3 Å². The van der Waals surface area contributed by atoms with Crippen LogP contribution in [-0.2, 0) is 17.8 Å². The molecule has 0 N–H and O–H groups in total. The van der Waals surface area contributed by atoms with Gasteiger partial charge in [-0.2, -0.15) is 0 Å². The number of rotatable bonds is 6. The molecule has 0 bridgehead atoms. The standard InChI is InChI=1S/C16H19NO3S/c1-4-12-6-8-13(9-7-12)20-10-14-17-11(3)15(21-14)16(18)19-5-2/h6-9H,4-5,10H2,1-3H3. The second-order valence-corrected chi connectivity index (χ2v) is 5.61. The number of carbonyl (C=O) groups excluding carboxylic acids is 1. The summed E-state index contributed by atoms with van der Waals surface area (Å²) in [7, 11) is 0. The molecule has 0 saturated heterocycles. The number of hydrogen-bond donors (Lipinski definition) is 0. The van der Waals surface area contributed by atoms with Gasteiger partial charge in [0.25, 0.3) is 0 Å². The number of nitrogens with zero attached hydrogens (tertiary/aromatic N) is 1. The molecule has 0 unspecified atom stereocenters. The Hall–Kier alpha value is -1.88. The molecule has 0 spiro atoms. The lowest BCUT2D eigenvalue weighted by Gasteiger charge is -2.04.